The first-order chi connectivity index (χ1) is 7.22. The van der Waals surface area contributed by atoms with Gasteiger partial charge < -0.3 is 4.74 Å². The van der Waals surface area contributed by atoms with Crippen molar-refractivity contribution >= 4 is 23.1 Å². The number of halogens is 1. The molecule has 0 atom stereocenters. The Morgan fingerprint density at radius 2 is 2.40 bits per heavy atom. The molecule has 4 nitrogen and oxygen atoms in total. The fourth-order valence-electron chi connectivity index (χ4n) is 1.29. The van der Waals surface area contributed by atoms with Crippen LogP contribution in [0.1, 0.15) is 17.4 Å². The van der Waals surface area contributed by atoms with Gasteiger partial charge in [0.05, 0.1) is 12.1 Å². The minimum absolute atomic E-state index is 0.291. The van der Waals surface area contributed by atoms with E-state index in [9.17, 15) is 4.79 Å². The molecule has 0 aromatic carbocycles. The molecule has 0 radical (unpaired) electrons. The Bertz CT molecular complexity index is 507. The van der Waals surface area contributed by atoms with Crippen LogP contribution in [0.25, 0.3) is 5.52 Å². The molecule has 0 aliphatic heterocycles. The van der Waals surface area contributed by atoms with E-state index in [0.29, 0.717) is 17.5 Å². The van der Waals surface area contributed by atoms with Crippen LogP contribution in [0.2, 0.25) is 5.15 Å². The monoisotopic (exact) mass is 224 g/mol. The molecule has 0 saturated heterocycles. The zero-order valence-corrected chi connectivity index (χ0v) is 8.86. The summed E-state index contributed by atoms with van der Waals surface area (Å²) in [7, 11) is 0. The van der Waals surface area contributed by atoms with E-state index in [4.69, 9.17) is 16.3 Å². The van der Waals surface area contributed by atoms with E-state index in [1.54, 1.807) is 23.5 Å². The maximum absolute atomic E-state index is 11.4. The van der Waals surface area contributed by atoms with Gasteiger partial charge in [-0.15, -0.1) is 0 Å². The van der Waals surface area contributed by atoms with Crippen LogP contribution in [0.4, 0.5) is 0 Å². The van der Waals surface area contributed by atoms with Gasteiger partial charge in [0.2, 0.25) is 0 Å². The number of hydrogen-bond donors (Lipinski definition) is 0. The lowest BCUT2D eigenvalue weighted by molar-refractivity contribution is 0.0519. The van der Waals surface area contributed by atoms with Crippen LogP contribution in [-0.2, 0) is 4.74 Å². The SMILES string of the molecule is CCOC(=O)c1cc2ccc(Cl)n2cn1. The maximum Gasteiger partial charge on any atom is 0.357 e. The van der Waals surface area contributed by atoms with Gasteiger partial charge in [0.25, 0.3) is 0 Å². The number of carbonyl (C=O) groups excluding carboxylic acids is 1. The lowest BCUT2D eigenvalue weighted by Crippen LogP contribution is -2.07. The summed E-state index contributed by atoms with van der Waals surface area (Å²) in [6.45, 7) is 2.10. The molecule has 15 heavy (non-hydrogen) atoms. The maximum atomic E-state index is 11.4. The molecule has 2 heterocycles. The molecule has 0 spiro atoms. The Labute approximate surface area is 91.4 Å². The first kappa shape index (κ1) is 9.98. The van der Waals surface area contributed by atoms with Gasteiger partial charge in [0.15, 0.2) is 5.69 Å². The van der Waals surface area contributed by atoms with Crippen LogP contribution < -0.4 is 0 Å². The summed E-state index contributed by atoms with van der Waals surface area (Å²) in [6, 6.07) is 5.20. The number of ether oxygens (including phenoxy) is 1. The van der Waals surface area contributed by atoms with E-state index in [0.717, 1.165) is 5.52 Å². The third kappa shape index (κ3) is 1.80. The summed E-state index contributed by atoms with van der Waals surface area (Å²) >= 11 is 5.87. The number of nitrogens with zero attached hydrogens (tertiary/aromatic N) is 2. The van der Waals surface area contributed by atoms with Crippen molar-refractivity contribution in [3.63, 3.8) is 0 Å². The van der Waals surface area contributed by atoms with Crippen molar-refractivity contribution in [2.75, 3.05) is 6.61 Å². The molecule has 0 N–H and O–H groups in total. The minimum atomic E-state index is -0.419. The highest BCUT2D eigenvalue weighted by atomic mass is 35.5. The second-order valence-corrected chi connectivity index (χ2v) is 3.33. The molecule has 2 rings (SSSR count). The molecule has 78 valence electrons. The van der Waals surface area contributed by atoms with Crippen molar-refractivity contribution in [2.45, 2.75) is 6.92 Å². The zero-order valence-electron chi connectivity index (χ0n) is 8.11. The smallest absolute Gasteiger partial charge is 0.357 e. The lowest BCUT2D eigenvalue weighted by Gasteiger charge is -2.01. The number of rotatable bonds is 2. The fourth-order valence-corrected chi connectivity index (χ4v) is 1.50. The van der Waals surface area contributed by atoms with Crippen molar-refractivity contribution in [3.8, 4) is 0 Å². The van der Waals surface area contributed by atoms with Crippen molar-refractivity contribution < 1.29 is 9.53 Å². The summed E-state index contributed by atoms with van der Waals surface area (Å²) in [4.78, 5) is 15.3. The average Bonchev–Trinajstić information content (AvgIpc) is 2.60. The Morgan fingerprint density at radius 3 is 3.13 bits per heavy atom. The van der Waals surface area contributed by atoms with Crippen LogP contribution in [0.3, 0.4) is 0 Å². The van der Waals surface area contributed by atoms with Gasteiger partial charge in [0.1, 0.15) is 11.5 Å². The second-order valence-electron chi connectivity index (χ2n) is 2.95. The van der Waals surface area contributed by atoms with E-state index in [1.807, 2.05) is 6.07 Å². The summed E-state index contributed by atoms with van der Waals surface area (Å²) in [5.74, 6) is -0.419. The summed E-state index contributed by atoms with van der Waals surface area (Å²) < 4.78 is 6.52. The fraction of sp³-hybridized carbons (Fsp3) is 0.200. The molecular weight excluding hydrogens is 216 g/mol. The topological polar surface area (TPSA) is 43.6 Å². The Kier molecular flexibility index (Phi) is 2.60. The van der Waals surface area contributed by atoms with Gasteiger partial charge in [-0.05, 0) is 25.1 Å². The van der Waals surface area contributed by atoms with Crippen molar-refractivity contribution in [3.05, 3.63) is 35.4 Å². The van der Waals surface area contributed by atoms with Crippen LogP contribution in [0.15, 0.2) is 24.5 Å². The highest BCUT2D eigenvalue weighted by molar-refractivity contribution is 6.30. The first-order valence-corrected chi connectivity index (χ1v) is 4.90. The average molecular weight is 225 g/mol. The predicted octanol–water partition coefficient (Wildman–Crippen LogP) is 2.16. The molecular formula is C10H9ClN2O2. The van der Waals surface area contributed by atoms with Gasteiger partial charge in [0, 0.05) is 0 Å². The van der Waals surface area contributed by atoms with Crippen LogP contribution >= 0.6 is 11.6 Å². The molecule has 0 unspecified atom stereocenters. The number of aromatic nitrogens is 2. The highest BCUT2D eigenvalue weighted by Crippen LogP contribution is 2.15. The van der Waals surface area contributed by atoms with Crippen LogP contribution in [-0.4, -0.2) is 22.0 Å². The molecule has 5 heteroatoms. The van der Waals surface area contributed by atoms with Crippen LogP contribution in [0, 0.1) is 0 Å². The largest absolute Gasteiger partial charge is 0.461 e. The zero-order chi connectivity index (χ0) is 10.8. The molecule has 0 saturated carbocycles. The molecule has 0 fully saturated rings. The number of hydrogen-bond acceptors (Lipinski definition) is 3. The van der Waals surface area contributed by atoms with Crippen molar-refractivity contribution in [2.24, 2.45) is 0 Å². The van der Waals surface area contributed by atoms with Gasteiger partial charge in [-0.1, -0.05) is 11.6 Å². The summed E-state index contributed by atoms with van der Waals surface area (Å²) in [6.07, 6.45) is 1.50. The van der Waals surface area contributed by atoms with Gasteiger partial charge in [-0.3, -0.25) is 4.40 Å². The Morgan fingerprint density at radius 1 is 1.60 bits per heavy atom. The predicted molar refractivity (Wildman–Crippen MR) is 56.2 cm³/mol. The molecule has 0 aliphatic carbocycles. The first-order valence-electron chi connectivity index (χ1n) is 4.52. The third-order valence-corrected chi connectivity index (χ3v) is 2.29. The lowest BCUT2D eigenvalue weighted by atomic mass is 10.3. The van der Waals surface area contributed by atoms with E-state index in [2.05, 4.69) is 4.98 Å². The third-order valence-electron chi connectivity index (χ3n) is 1.98. The standard InChI is InChI=1S/C10H9ClN2O2/c1-2-15-10(14)8-5-7-3-4-9(11)13(7)6-12-8/h3-6H,2H2,1H3. The number of carbonyl (C=O) groups is 1. The van der Waals surface area contributed by atoms with E-state index < -0.39 is 5.97 Å². The Hall–Kier alpha value is -1.55. The second kappa shape index (κ2) is 3.90. The number of esters is 1. The quantitative estimate of drug-likeness (QED) is 0.735. The molecule has 2 aromatic heterocycles. The molecule has 0 bridgehead atoms. The molecule has 2 aromatic rings. The Balaban J connectivity index is 2.43. The number of fused-ring (bicyclic) bond motifs is 1. The van der Waals surface area contributed by atoms with E-state index in [1.165, 1.54) is 6.33 Å². The summed E-state index contributed by atoms with van der Waals surface area (Å²) in [5, 5.41) is 0.563. The van der Waals surface area contributed by atoms with E-state index >= 15 is 0 Å². The van der Waals surface area contributed by atoms with Gasteiger partial charge in [-0.2, -0.15) is 0 Å². The van der Waals surface area contributed by atoms with Gasteiger partial charge >= 0.3 is 5.97 Å². The molecule has 0 aliphatic rings. The van der Waals surface area contributed by atoms with E-state index in [-0.39, 0.29) is 0 Å². The van der Waals surface area contributed by atoms with Gasteiger partial charge in [-0.25, -0.2) is 9.78 Å². The summed E-state index contributed by atoms with van der Waals surface area (Å²) in [5.41, 5.74) is 1.11. The molecule has 0 amide bonds. The van der Waals surface area contributed by atoms with Crippen molar-refractivity contribution in [1.82, 2.24) is 9.38 Å². The highest BCUT2D eigenvalue weighted by Gasteiger charge is 2.09. The van der Waals surface area contributed by atoms with Crippen LogP contribution in [0.5, 0.6) is 0 Å². The normalized spacial score (nSPS) is 10.5. The minimum Gasteiger partial charge on any atom is -0.461 e. The van der Waals surface area contributed by atoms with Crippen molar-refractivity contribution in [1.29, 1.82) is 0 Å².